The summed E-state index contributed by atoms with van der Waals surface area (Å²) in [5.41, 5.74) is 0. The van der Waals surface area contributed by atoms with Gasteiger partial charge in [-0.25, -0.2) is 8.42 Å². The lowest BCUT2D eigenvalue weighted by Gasteiger charge is -2.37. The van der Waals surface area contributed by atoms with Gasteiger partial charge in [-0.1, -0.05) is 0 Å². The molecular weight excluding hydrogens is 224 g/mol. The monoisotopic (exact) mass is 246 g/mol. The SMILES string of the molecule is CNC1CCC(N2CCCCS2(=O)=O)CC1. The van der Waals surface area contributed by atoms with E-state index in [1.165, 1.54) is 0 Å². The van der Waals surface area contributed by atoms with Crippen molar-refractivity contribution < 1.29 is 8.42 Å². The average Bonchev–Trinajstić information content (AvgIpc) is 2.29. The molecule has 1 saturated heterocycles. The minimum atomic E-state index is -2.93. The lowest BCUT2D eigenvalue weighted by atomic mass is 9.91. The Bertz CT molecular complexity index is 321. The van der Waals surface area contributed by atoms with Crippen molar-refractivity contribution in [2.24, 2.45) is 0 Å². The molecule has 0 aromatic rings. The highest BCUT2D eigenvalue weighted by Gasteiger charge is 2.34. The first kappa shape index (κ1) is 12.3. The number of rotatable bonds is 2. The van der Waals surface area contributed by atoms with Crippen molar-refractivity contribution >= 4 is 10.0 Å². The van der Waals surface area contributed by atoms with Crippen LogP contribution >= 0.6 is 0 Å². The van der Waals surface area contributed by atoms with Gasteiger partial charge < -0.3 is 5.32 Å². The molecule has 0 amide bonds. The van der Waals surface area contributed by atoms with E-state index in [1.54, 1.807) is 4.31 Å². The Kier molecular flexibility index (Phi) is 3.87. The topological polar surface area (TPSA) is 49.4 Å². The van der Waals surface area contributed by atoms with E-state index in [-0.39, 0.29) is 6.04 Å². The van der Waals surface area contributed by atoms with E-state index in [0.29, 0.717) is 11.8 Å². The minimum Gasteiger partial charge on any atom is -0.317 e. The standard InChI is InChI=1S/C11H22N2O2S/c1-12-10-4-6-11(7-5-10)13-8-2-3-9-16(13,14)15/h10-12H,2-9H2,1H3. The maximum atomic E-state index is 11.9. The number of nitrogens with zero attached hydrogens (tertiary/aromatic N) is 1. The van der Waals surface area contributed by atoms with Gasteiger partial charge in [0.1, 0.15) is 0 Å². The van der Waals surface area contributed by atoms with Gasteiger partial charge in [0, 0.05) is 18.6 Å². The van der Waals surface area contributed by atoms with Crippen molar-refractivity contribution in [1.29, 1.82) is 0 Å². The molecule has 2 aliphatic rings. The molecule has 0 unspecified atom stereocenters. The summed E-state index contributed by atoms with van der Waals surface area (Å²) in [4.78, 5) is 0. The number of nitrogens with one attached hydrogen (secondary N) is 1. The fraction of sp³-hybridized carbons (Fsp3) is 1.00. The highest BCUT2D eigenvalue weighted by molar-refractivity contribution is 7.89. The van der Waals surface area contributed by atoms with Gasteiger partial charge >= 0.3 is 0 Å². The largest absolute Gasteiger partial charge is 0.317 e. The van der Waals surface area contributed by atoms with E-state index in [0.717, 1.165) is 45.1 Å². The van der Waals surface area contributed by atoms with Crippen molar-refractivity contribution in [3.8, 4) is 0 Å². The molecule has 1 N–H and O–H groups in total. The Morgan fingerprint density at radius 2 is 1.81 bits per heavy atom. The van der Waals surface area contributed by atoms with Crippen LogP contribution in [0.2, 0.25) is 0 Å². The van der Waals surface area contributed by atoms with E-state index in [1.807, 2.05) is 7.05 Å². The molecule has 0 atom stereocenters. The molecule has 0 radical (unpaired) electrons. The first-order chi connectivity index (χ1) is 7.63. The molecule has 0 aromatic carbocycles. The Morgan fingerprint density at radius 1 is 1.12 bits per heavy atom. The third-order valence-corrected chi connectivity index (χ3v) is 5.90. The summed E-state index contributed by atoms with van der Waals surface area (Å²) in [7, 11) is -0.946. The average molecular weight is 246 g/mol. The molecule has 2 rings (SSSR count). The van der Waals surface area contributed by atoms with Crippen molar-refractivity contribution in [3.05, 3.63) is 0 Å². The van der Waals surface area contributed by atoms with Crippen LogP contribution in [0.15, 0.2) is 0 Å². The predicted molar refractivity (Wildman–Crippen MR) is 64.8 cm³/mol. The van der Waals surface area contributed by atoms with Gasteiger partial charge in [0.2, 0.25) is 10.0 Å². The van der Waals surface area contributed by atoms with E-state index in [2.05, 4.69) is 5.32 Å². The maximum Gasteiger partial charge on any atom is 0.214 e. The van der Waals surface area contributed by atoms with Crippen molar-refractivity contribution in [2.75, 3.05) is 19.3 Å². The Balaban J connectivity index is 1.97. The Labute approximate surface area is 98.4 Å². The lowest BCUT2D eigenvalue weighted by Crippen LogP contribution is -2.47. The Hall–Kier alpha value is -0.130. The van der Waals surface area contributed by atoms with E-state index >= 15 is 0 Å². The third kappa shape index (κ3) is 2.57. The van der Waals surface area contributed by atoms with Crippen LogP contribution in [0.5, 0.6) is 0 Å². The molecule has 1 aliphatic heterocycles. The lowest BCUT2D eigenvalue weighted by molar-refractivity contribution is 0.221. The zero-order chi connectivity index (χ0) is 11.6. The molecule has 5 heteroatoms. The molecule has 0 bridgehead atoms. The molecule has 1 saturated carbocycles. The summed E-state index contributed by atoms with van der Waals surface area (Å²) in [6.07, 6.45) is 6.12. The van der Waals surface area contributed by atoms with Gasteiger partial charge in [-0.2, -0.15) is 4.31 Å². The van der Waals surface area contributed by atoms with Crippen LogP contribution < -0.4 is 5.32 Å². The quantitative estimate of drug-likeness (QED) is 0.789. The second-order valence-electron chi connectivity index (χ2n) is 4.93. The van der Waals surface area contributed by atoms with Crippen molar-refractivity contribution in [2.45, 2.75) is 50.6 Å². The number of hydrogen-bond acceptors (Lipinski definition) is 3. The van der Waals surface area contributed by atoms with Crippen molar-refractivity contribution in [3.63, 3.8) is 0 Å². The molecule has 16 heavy (non-hydrogen) atoms. The second-order valence-corrected chi connectivity index (χ2v) is 6.97. The van der Waals surface area contributed by atoms with Crippen molar-refractivity contribution in [1.82, 2.24) is 9.62 Å². The van der Waals surface area contributed by atoms with Gasteiger partial charge in [-0.3, -0.25) is 0 Å². The van der Waals surface area contributed by atoms with E-state index in [4.69, 9.17) is 0 Å². The number of hydrogen-bond donors (Lipinski definition) is 1. The molecule has 1 aliphatic carbocycles. The minimum absolute atomic E-state index is 0.273. The summed E-state index contributed by atoms with van der Waals surface area (Å²) in [5, 5.41) is 3.28. The Morgan fingerprint density at radius 3 is 2.38 bits per heavy atom. The molecule has 94 valence electrons. The highest BCUT2D eigenvalue weighted by Crippen LogP contribution is 2.27. The molecule has 1 heterocycles. The van der Waals surface area contributed by atoms with Crippen LogP contribution in [0.3, 0.4) is 0 Å². The molecular formula is C11H22N2O2S. The normalized spacial score (nSPS) is 36.1. The van der Waals surface area contributed by atoms with Gasteiger partial charge in [-0.05, 0) is 45.6 Å². The van der Waals surface area contributed by atoms with Crippen LogP contribution in [-0.2, 0) is 10.0 Å². The summed E-state index contributed by atoms with van der Waals surface area (Å²) < 4.78 is 25.7. The molecule has 0 spiro atoms. The van der Waals surface area contributed by atoms with Crippen LogP contribution in [-0.4, -0.2) is 44.2 Å². The van der Waals surface area contributed by atoms with Gasteiger partial charge in [0.25, 0.3) is 0 Å². The summed E-state index contributed by atoms with van der Waals surface area (Å²) in [6.45, 7) is 0.747. The van der Waals surface area contributed by atoms with Gasteiger partial charge in [-0.15, -0.1) is 0 Å². The van der Waals surface area contributed by atoms with E-state index in [9.17, 15) is 8.42 Å². The second kappa shape index (κ2) is 5.02. The number of sulfonamides is 1. The molecule has 4 nitrogen and oxygen atoms in total. The van der Waals surface area contributed by atoms with Crippen LogP contribution in [0, 0.1) is 0 Å². The van der Waals surface area contributed by atoms with Crippen LogP contribution in [0.25, 0.3) is 0 Å². The summed E-state index contributed by atoms with van der Waals surface area (Å²) >= 11 is 0. The zero-order valence-electron chi connectivity index (χ0n) is 9.98. The van der Waals surface area contributed by atoms with Crippen LogP contribution in [0.1, 0.15) is 38.5 Å². The van der Waals surface area contributed by atoms with Gasteiger partial charge in [0.15, 0.2) is 0 Å². The first-order valence-corrected chi connectivity index (χ1v) is 7.91. The highest BCUT2D eigenvalue weighted by atomic mass is 32.2. The first-order valence-electron chi connectivity index (χ1n) is 6.30. The maximum absolute atomic E-state index is 11.9. The van der Waals surface area contributed by atoms with E-state index < -0.39 is 10.0 Å². The summed E-state index contributed by atoms with van der Waals surface area (Å²) in [5.74, 6) is 0.360. The zero-order valence-corrected chi connectivity index (χ0v) is 10.8. The summed E-state index contributed by atoms with van der Waals surface area (Å²) in [6, 6.07) is 0.860. The van der Waals surface area contributed by atoms with Crippen LogP contribution in [0.4, 0.5) is 0 Å². The molecule has 2 fully saturated rings. The van der Waals surface area contributed by atoms with Gasteiger partial charge in [0.05, 0.1) is 5.75 Å². The fourth-order valence-electron chi connectivity index (χ4n) is 2.87. The predicted octanol–water partition coefficient (Wildman–Crippen LogP) is 0.943. The molecule has 0 aromatic heterocycles. The smallest absolute Gasteiger partial charge is 0.214 e. The fourth-order valence-corrected chi connectivity index (χ4v) is 4.75. The third-order valence-electron chi connectivity index (χ3n) is 3.90.